The number of anilines is 1. The maximum Gasteiger partial charge on any atom is 0.352 e. The molecule has 4 heterocycles. The van der Waals surface area contributed by atoms with Gasteiger partial charge in [-0.2, -0.15) is 5.12 Å². The predicted molar refractivity (Wildman–Crippen MR) is 131 cm³/mol. The number of hydrazine groups is 2. The van der Waals surface area contributed by atoms with E-state index in [9.17, 15) is 19.5 Å². The van der Waals surface area contributed by atoms with Gasteiger partial charge in [-0.05, 0) is 17.5 Å². The van der Waals surface area contributed by atoms with Gasteiger partial charge in [0, 0.05) is 16.9 Å². The molecule has 1 saturated heterocycles. The molecule has 35 heavy (non-hydrogen) atoms. The van der Waals surface area contributed by atoms with Gasteiger partial charge in [0.25, 0.3) is 11.8 Å². The first kappa shape index (κ1) is 24.7. The molecule has 2 amide bonds. The molecule has 14 nitrogen and oxygen atoms in total. The van der Waals surface area contributed by atoms with E-state index in [0.717, 1.165) is 11.3 Å². The molecule has 1 fully saturated rings. The van der Waals surface area contributed by atoms with Crippen LogP contribution < -0.4 is 16.5 Å². The van der Waals surface area contributed by atoms with Crippen molar-refractivity contribution < 1.29 is 24.3 Å². The average Bonchev–Trinajstić information content (AvgIpc) is 3.47. The number of aromatic nitrogens is 1. The number of β-lactam (4-membered cyclic amide) rings is 1. The van der Waals surface area contributed by atoms with Crippen molar-refractivity contribution in [1.29, 1.82) is 0 Å². The van der Waals surface area contributed by atoms with Crippen LogP contribution in [-0.2, 0) is 19.2 Å². The van der Waals surface area contributed by atoms with E-state index in [0.29, 0.717) is 11.3 Å². The summed E-state index contributed by atoms with van der Waals surface area (Å²) >= 11 is 3.72. The Bertz CT molecular complexity index is 1180. The van der Waals surface area contributed by atoms with E-state index in [4.69, 9.17) is 17.0 Å². The Morgan fingerprint density at radius 3 is 3.00 bits per heavy atom. The van der Waals surface area contributed by atoms with Crippen LogP contribution in [0.25, 0.3) is 0 Å². The van der Waals surface area contributed by atoms with Crippen LogP contribution in [0.15, 0.2) is 26.9 Å². The van der Waals surface area contributed by atoms with Crippen LogP contribution >= 0.6 is 35.0 Å². The van der Waals surface area contributed by atoms with Gasteiger partial charge >= 0.3 is 5.97 Å². The summed E-state index contributed by atoms with van der Waals surface area (Å²) in [5.74, 6) is 0.640. The Balaban J connectivity index is 1.45. The summed E-state index contributed by atoms with van der Waals surface area (Å²) < 4.78 is 1.58. The van der Waals surface area contributed by atoms with E-state index in [2.05, 4.69) is 31.9 Å². The normalized spacial score (nSPS) is 21.8. The zero-order valence-electron chi connectivity index (χ0n) is 18.1. The third kappa shape index (κ3) is 4.86. The molecule has 0 bridgehead atoms. The second-order valence-electron chi connectivity index (χ2n) is 6.97. The number of rotatable bonds is 9. The lowest BCUT2D eigenvalue weighted by Crippen LogP contribution is -2.71. The molecule has 184 valence electrons. The van der Waals surface area contributed by atoms with Gasteiger partial charge in [-0.1, -0.05) is 15.6 Å². The van der Waals surface area contributed by atoms with Crippen molar-refractivity contribution in [3.05, 3.63) is 22.3 Å². The van der Waals surface area contributed by atoms with Crippen LogP contribution in [-0.4, -0.2) is 91.0 Å². The Morgan fingerprint density at radius 2 is 2.34 bits per heavy atom. The van der Waals surface area contributed by atoms with Gasteiger partial charge in [0.1, 0.15) is 42.8 Å². The minimum atomic E-state index is -1.23. The highest BCUT2D eigenvalue weighted by atomic mass is 32.2. The minimum Gasteiger partial charge on any atom is -0.477 e. The fraction of sp³-hybridized carbons (Fsp3) is 0.333. The molecule has 0 saturated carbocycles. The Kier molecular flexibility index (Phi) is 7.35. The van der Waals surface area contributed by atoms with Gasteiger partial charge in [0.05, 0.1) is 0 Å². The summed E-state index contributed by atoms with van der Waals surface area (Å²) in [5, 5.41) is 22.9. The number of carboxylic acid groups (broad SMARTS) is 1. The number of oxime groups is 1. The highest BCUT2D eigenvalue weighted by Crippen LogP contribution is 2.41. The number of fused-ring (bicyclic) bond motifs is 1. The van der Waals surface area contributed by atoms with Crippen LogP contribution in [0.4, 0.5) is 5.13 Å². The smallest absolute Gasteiger partial charge is 0.352 e. The predicted octanol–water partition coefficient (Wildman–Crippen LogP) is -0.924. The molecule has 3 aliphatic heterocycles. The molecule has 5 N–H and O–H groups in total. The topological polar surface area (TPSA) is 178 Å². The standard InChI is InChI=1S/C18H19N9O5S3/c1-3-4-25-20-8-21-27(25)35-6-9-5-33-16-12(15(29)26(16)13(9)17(30)31)23-14(28)11(24-32-2)10-7-34-18(19)22-10/h1,7-8,12,16H,4-6H2,2H3,(H2,19,22)(H,20,21)(H,23,28)(H,30,31)/t12?,16-/m0/s1. The molecule has 0 aromatic carbocycles. The molecule has 0 radical (unpaired) electrons. The first-order chi connectivity index (χ1) is 16.8. The number of nitrogens with zero attached hydrogens (tertiary/aromatic N) is 6. The number of hydrazone groups is 1. The average molecular weight is 538 g/mol. The van der Waals surface area contributed by atoms with Crippen molar-refractivity contribution in [2.24, 2.45) is 10.3 Å². The zero-order valence-corrected chi connectivity index (χ0v) is 20.5. The number of terminal acetylenes is 1. The number of hydrogen-bond acceptors (Lipinski definition) is 14. The number of thiazole rings is 1. The van der Waals surface area contributed by atoms with E-state index >= 15 is 0 Å². The first-order valence-corrected chi connectivity index (χ1v) is 12.7. The van der Waals surface area contributed by atoms with Crippen LogP contribution in [0, 0.1) is 12.3 Å². The molecule has 17 heteroatoms. The summed E-state index contributed by atoms with van der Waals surface area (Å²) in [6.45, 7) is 0.228. The van der Waals surface area contributed by atoms with Gasteiger partial charge in [0.2, 0.25) is 0 Å². The second-order valence-corrected chi connectivity index (χ2v) is 9.85. The number of carboxylic acids is 1. The van der Waals surface area contributed by atoms with E-state index in [1.54, 1.807) is 4.52 Å². The van der Waals surface area contributed by atoms with E-state index in [1.807, 2.05) is 0 Å². The molecule has 1 aromatic heterocycles. The molecule has 1 aromatic rings. The second kappa shape index (κ2) is 10.4. The van der Waals surface area contributed by atoms with Crippen molar-refractivity contribution in [2.45, 2.75) is 11.4 Å². The number of nitrogens with two attached hydrogens (primary N) is 1. The van der Waals surface area contributed by atoms with E-state index in [-0.39, 0.29) is 34.5 Å². The molecule has 4 rings (SSSR count). The fourth-order valence-electron chi connectivity index (χ4n) is 3.38. The summed E-state index contributed by atoms with van der Waals surface area (Å²) in [4.78, 5) is 47.8. The van der Waals surface area contributed by atoms with Gasteiger partial charge in [0.15, 0.2) is 10.8 Å². The maximum atomic E-state index is 12.9. The monoisotopic (exact) mass is 537 g/mol. The number of aliphatic carboxylic acids is 1. The summed E-state index contributed by atoms with van der Waals surface area (Å²) in [5.41, 5.74) is 9.03. The van der Waals surface area contributed by atoms with E-state index in [1.165, 1.54) is 52.6 Å². The van der Waals surface area contributed by atoms with Gasteiger partial charge in [-0.15, -0.1) is 34.6 Å². The van der Waals surface area contributed by atoms with Crippen molar-refractivity contribution in [3.63, 3.8) is 0 Å². The first-order valence-electron chi connectivity index (χ1n) is 9.81. The van der Waals surface area contributed by atoms with Crippen LogP contribution in [0.5, 0.6) is 0 Å². The molecule has 0 aliphatic carbocycles. The van der Waals surface area contributed by atoms with Crippen LogP contribution in [0.2, 0.25) is 0 Å². The van der Waals surface area contributed by atoms with Gasteiger partial charge in [-0.3, -0.25) is 19.9 Å². The SMILES string of the molecule is C#CCN1N=CNN1SCC1=C(C(=O)O)N2C(=O)C(NC(=O)C(=NOC)c3csc(N)n3)[C@@H]2SC1. The fourth-order valence-corrected chi connectivity index (χ4v) is 6.28. The lowest BCUT2D eigenvalue weighted by atomic mass is 10.0. The van der Waals surface area contributed by atoms with Gasteiger partial charge in [-0.25, -0.2) is 9.78 Å². The highest BCUT2D eigenvalue weighted by Gasteiger charge is 2.54. The van der Waals surface area contributed by atoms with Crippen molar-refractivity contribution >= 4 is 70.0 Å². The molecule has 1 unspecified atom stereocenters. The van der Waals surface area contributed by atoms with Crippen LogP contribution in [0.3, 0.4) is 0 Å². The number of thioether (sulfide) groups is 1. The summed E-state index contributed by atoms with van der Waals surface area (Å²) in [6.07, 6.45) is 6.78. The Morgan fingerprint density at radius 1 is 1.54 bits per heavy atom. The molecular weight excluding hydrogens is 518 g/mol. The highest BCUT2D eigenvalue weighted by molar-refractivity contribution is 8.00. The van der Waals surface area contributed by atoms with E-state index < -0.39 is 29.2 Å². The molecule has 3 aliphatic rings. The minimum absolute atomic E-state index is 0.0987. The Labute approximate surface area is 211 Å². The van der Waals surface area contributed by atoms with Crippen molar-refractivity contribution in [1.82, 2.24) is 30.3 Å². The largest absolute Gasteiger partial charge is 0.477 e. The summed E-state index contributed by atoms with van der Waals surface area (Å²) in [7, 11) is 1.27. The number of hydrogen-bond donors (Lipinski definition) is 4. The molecular formula is C18H19N9O5S3. The summed E-state index contributed by atoms with van der Waals surface area (Å²) in [6, 6.07) is -0.936. The number of carbonyl (C=O) groups excluding carboxylic acids is 2. The number of nitrogens with one attached hydrogen (secondary N) is 2. The third-order valence-electron chi connectivity index (χ3n) is 4.86. The van der Waals surface area contributed by atoms with Crippen molar-refractivity contribution in [2.75, 3.05) is 30.9 Å². The quantitative estimate of drug-likeness (QED) is 0.100. The lowest BCUT2D eigenvalue weighted by molar-refractivity contribution is -0.150. The lowest BCUT2D eigenvalue weighted by Gasteiger charge is -2.49. The third-order valence-corrected chi connectivity index (χ3v) is 7.89. The van der Waals surface area contributed by atoms with Gasteiger partial charge < -0.3 is 21.0 Å². The molecule has 0 spiro atoms. The Hall–Kier alpha value is -3.46. The molecule has 2 atom stereocenters. The number of nitrogen functional groups attached to an aromatic ring is 1. The zero-order chi connectivity index (χ0) is 25.1. The maximum absolute atomic E-state index is 12.9. The number of carbonyl (C=O) groups is 3. The van der Waals surface area contributed by atoms with Crippen LogP contribution in [0.1, 0.15) is 5.69 Å². The number of amides is 2. The van der Waals surface area contributed by atoms with Crippen molar-refractivity contribution in [3.8, 4) is 12.3 Å².